The highest BCUT2D eigenvalue weighted by molar-refractivity contribution is 6.24. The molecule has 10 aromatic rings. The predicted octanol–water partition coefficient (Wildman–Crippen LogP) is 12.4. The van der Waals surface area contributed by atoms with E-state index in [4.69, 9.17) is 8.83 Å². The van der Waals surface area contributed by atoms with E-state index in [1.54, 1.807) is 0 Å². The van der Waals surface area contributed by atoms with Gasteiger partial charge in [-0.3, -0.25) is 0 Å². The number of furan rings is 2. The summed E-state index contributed by atoms with van der Waals surface area (Å²) in [7, 11) is 0. The standard InChI is InChI=1S/C42H25NO2/c1-3-11-30-26(9-1)17-20-34-37(23-27-10-2-4-12-31(27)42(30)34)43(28-18-21-40-35(24-28)32-13-5-7-15-38(32)44-40)29-19-22-41-36(25-29)33-14-6-8-16-39(33)45-41/h1-25H. The van der Waals surface area contributed by atoms with Gasteiger partial charge in [0.15, 0.2) is 0 Å². The van der Waals surface area contributed by atoms with E-state index < -0.39 is 0 Å². The number of anilines is 3. The zero-order chi connectivity index (χ0) is 29.5. The molecule has 0 saturated carbocycles. The number of nitrogens with zero attached hydrogens (tertiary/aromatic N) is 1. The molecule has 0 fully saturated rings. The Balaban J connectivity index is 1.33. The topological polar surface area (TPSA) is 29.5 Å². The molecule has 45 heavy (non-hydrogen) atoms. The number of fused-ring (bicyclic) bond motifs is 11. The maximum Gasteiger partial charge on any atom is 0.135 e. The average Bonchev–Trinajstić information content (AvgIpc) is 3.66. The molecule has 3 nitrogen and oxygen atoms in total. The second kappa shape index (κ2) is 9.22. The summed E-state index contributed by atoms with van der Waals surface area (Å²) in [5.41, 5.74) is 6.79. The van der Waals surface area contributed by atoms with Crippen molar-refractivity contribution in [3.05, 3.63) is 152 Å². The van der Waals surface area contributed by atoms with Gasteiger partial charge in [-0.15, -0.1) is 0 Å². The quantitative estimate of drug-likeness (QED) is 0.196. The molecule has 0 radical (unpaired) electrons. The summed E-state index contributed by atoms with van der Waals surface area (Å²) in [6, 6.07) is 53.9. The summed E-state index contributed by atoms with van der Waals surface area (Å²) in [6.45, 7) is 0. The lowest BCUT2D eigenvalue weighted by Crippen LogP contribution is -2.10. The zero-order valence-corrected chi connectivity index (χ0v) is 24.2. The molecule has 0 atom stereocenters. The number of benzene rings is 8. The lowest BCUT2D eigenvalue weighted by Gasteiger charge is -2.28. The van der Waals surface area contributed by atoms with Crippen molar-refractivity contribution in [2.45, 2.75) is 0 Å². The summed E-state index contributed by atoms with van der Waals surface area (Å²) in [6.07, 6.45) is 0. The Labute approximate surface area is 258 Å². The first-order valence-corrected chi connectivity index (χ1v) is 15.3. The molecule has 8 aromatic carbocycles. The first-order chi connectivity index (χ1) is 22.3. The van der Waals surface area contributed by atoms with E-state index in [0.717, 1.165) is 60.9 Å². The van der Waals surface area contributed by atoms with E-state index in [1.165, 1.54) is 32.3 Å². The van der Waals surface area contributed by atoms with Crippen LogP contribution in [-0.4, -0.2) is 0 Å². The minimum Gasteiger partial charge on any atom is -0.456 e. The minimum atomic E-state index is 0.880. The van der Waals surface area contributed by atoms with Gasteiger partial charge in [0.2, 0.25) is 0 Å². The number of para-hydroxylation sites is 2. The fourth-order valence-corrected chi connectivity index (χ4v) is 7.17. The van der Waals surface area contributed by atoms with Crippen LogP contribution in [-0.2, 0) is 0 Å². The Morgan fingerprint density at radius 2 is 0.822 bits per heavy atom. The Hall–Kier alpha value is -6.06. The average molecular weight is 576 g/mol. The molecule has 0 spiro atoms. The fourth-order valence-electron chi connectivity index (χ4n) is 7.17. The molecule has 0 saturated heterocycles. The molecule has 0 aliphatic rings. The van der Waals surface area contributed by atoms with Crippen molar-refractivity contribution in [1.82, 2.24) is 0 Å². The maximum atomic E-state index is 6.24. The molecule has 0 amide bonds. The molecular weight excluding hydrogens is 550 g/mol. The van der Waals surface area contributed by atoms with Crippen LogP contribution < -0.4 is 4.90 Å². The SMILES string of the molecule is c1ccc2c(c1)ccc1c(N(c3ccc4oc5ccccc5c4c3)c3ccc4oc5ccccc5c4c3)cc3ccccc3c12. The van der Waals surface area contributed by atoms with Gasteiger partial charge in [0.1, 0.15) is 22.3 Å². The van der Waals surface area contributed by atoms with Gasteiger partial charge in [-0.1, -0.05) is 97.1 Å². The highest BCUT2D eigenvalue weighted by Gasteiger charge is 2.21. The summed E-state index contributed by atoms with van der Waals surface area (Å²) in [4.78, 5) is 2.39. The van der Waals surface area contributed by atoms with Crippen molar-refractivity contribution in [2.24, 2.45) is 0 Å². The Morgan fingerprint density at radius 3 is 1.44 bits per heavy atom. The van der Waals surface area contributed by atoms with Crippen molar-refractivity contribution < 1.29 is 8.83 Å². The van der Waals surface area contributed by atoms with Crippen molar-refractivity contribution in [3.8, 4) is 0 Å². The third-order valence-corrected chi connectivity index (χ3v) is 9.21. The number of rotatable bonds is 3. The number of hydrogen-bond acceptors (Lipinski definition) is 3. The van der Waals surface area contributed by atoms with Gasteiger partial charge in [-0.05, 0) is 81.5 Å². The fraction of sp³-hybridized carbons (Fsp3) is 0. The molecule has 0 bridgehead atoms. The van der Waals surface area contributed by atoms with Gasteiger partial charge >= 0.3 is 0 Å². The maximum absolute atomic E-state index is 6.24. The second-order valence-corrected chi connectivity index (χ2v) is 11.7. The van der Waals surface area contributed by atoms with Crippen molar-refractivity contribution in [3.63, 3.8) is 0 Å². The highest BCUT2D eigenvalue weighted by Crippen LogP contribution is 2.46. The Bertz CT molecular complexity index is 2650. The third kappa shape index (κ3) is 3.58. The van der Waals surface area contributed by atoms with Crippen LogP contribution in [0.25, 0.3) is 76.2 Å². The molecule has 2 heterocycles. The van der Waals surface area contributed by atoms with Gasteiger partial charge in [-0.25, -0.2) is 0 Å². The van der Waals surface area contributed by atoms with Crippen LogP contribution in [0.2, 0.25) is 0 Å². The normalized spacial score (nSPS) is 12.0. The molecule has 0 N–H and O–H groups in total. The van der Waals surface area contributed by atoms with E-state index in [0.29, 0.717) is 0 Å². The summed E-state index contributed by atoms with van der Waals surface area (Å²) >= 11 is 0. The molecule has 0 aliphatic heterocycles. The van der Waals surface area contributed by atoms with E-state index in [1.807, 2.05) is 24.3 Å². The minimum absolute atomic E-state index is 0.880. The molecule has 0 aliphatic carbocycles. The lowest BCUT2D eigenvalue weighted by molar-refractivity contribution is 0.668. The van der Waals surface area contributed by atoms with Gasteiger partial charge in [0.05, 0.1) is 5.69 Å². The molecule has 10 rings (SSSR count). The van der Waals surface area contributed by atoms with Gasteiger partial charge in [-0.2, -0.15) is 0 Å². The van der Waals surface area contributed by atoms with Crippen molar-refractivity contribution >= 4 is 93.3 Å². The van der Waals surface area contributed by atoms with Crippen LogP contribution in [0.15, 0.2) is 160 Å². The van der Waals surface area contributed by atoms with Crippen LogP contribution in [0.1, 0.15) is 0 Å². The van der Waals surface area contributed by atoms with Crippen molar-refractivity contribution in [2.75, 3.05) is 4.90 Å². The molecule has 2 aromatic heterocycles. The molecule has 3 heteroatoms. The second-order valence-electron chi connectivity index (χ2n) is 11.7. The molecule has 0 unspecified atom stereocenters. The monoisotopic (exact) mass is 575 g/mol. The zero-order valence-electron chi connectivity index (χ0n) is 24.2. The largest absolute Gasteiger partial charge is 0.456 e. The third-order valence-electron chi connectivity index (χ3n) is 9.21. The predicted molar refractivity (Wildman–Crippen MR) is 188 cm³/mol. The van der Waals surface area contributed by atoms with E-state index in [2.05, 4.69) is 132 Å². The highest BCUT2D eigenvalue weighted by atomic mass is 16.3. The van der Waals surface area contributed by atoms with Crippen LogP contribution in [0.4, 0.5) is 17.1 Å². The Kier molecular flexibility index (Phi) is 5.00. The molecule has 210 valence electrons. The van der Waals surface area contributed by atoms with Crippen LogP contribution >= 0.6 is 0 Å². The molecular formula is C42H25NO2. The smallest absolute Gasteiger partial charge is 0.135 e. The van der Waals surface area contributed by atoms with Gasteiger partial charge in [0.25, 0.3) is 0 Å². The van der Waals surface area contributed by atoms with E-state index >= 15 is 0 Å². The van der Waals surface area contributed by atoms with Crippen molar-refractivity contribution in [1.29, 1.82) is 0 Å². The van der Waals surface area contributed by atoms with Crippen LogP contribution in [0.5, 0.6) is 0 Å². The van der Waals surface area contributed by atoms with E-state index in [-0.39, 0.29) is 0 Å². The summed E-state index contributed by atoms with van der Waals surface area (Å²) in [5, 5.41) is 11.8. The first kappa shape index (κ1) is 24.4. The summed E-state index contributed by atoms with van der Waals surface area (Å²) in [5.74, 6) is 0. The van der Waals surface area contributed by atoms with Crippen LogP contribution in [0, 0.1) is 0 Å². The first-order valence-electron chi connectivity index (χ1n) is 15.3. The lowest BCUT2D eigenvalue weighted by atomic mass is 9.94. The van der Waals surface area contributed by atoms with Crippen LogP contribution in [0.3, 0.4) is 0 Å². The van der Waals surface area contributed by atoms with Gasteiger partial charge < -0.3 is 13.7 Å². The van der Waals surface area contributed by atoms with Gasteiger partial charge in [0, 0.05) is 38.3 Å². The number of hydrogen-bond donors (Lipinski definition) is 0. The summed E-state index contributed by atoms with van der Waals surface area (Å²) < 4.78 is 12.5. The van der Waals surface area contributed by atoms with E-state index in [9.17, 15) is 0 Å². The Morgan fingerprint density at radius 1 is 0.333 bits per heavy atom.